The number of nitrogens with zero attached hydrogens (tertiary/aromatic N) is 5. The number of ether oxygens (including phenoxy) is 1. The minimum absolute atomic E-state index is 0.147. The van der Waals surface area contributed by atoms with Gasteiger partial charge < -0.3 is 15.4 Å². The van der Waals surface area contributed by atoms with Crippen LogP contribution in [-0.4, -0.2) is 52.3 Å². The van der Waals surface area contributed by atoms with Crippen molar-refractivity contribution in [3.8, 4) is 5.75 Å². The molecule has 1 aliphatic rings. The standard InChI is InChI=1S/C32H34F4N6O3/c1-21-29(40-15-13-39(14-16-40)18-23-17-38-12-11-28(23)45-2)30(43)42(20-27(37)22-7-4-3-5-8-22)31(44)41(21)19-24-25(32(34,35)36)9-6-10-26(24)33/h3-12,17,27H,13-16,18-20,37H2,1-2H3. The van der Waals surface area contributed by atoms with Crippen LogP contribution in [-0.2, 0) is 25.8 Å². The van der Waals surface area contributed by atoms with E-state index in [0.29, 0.717) is 44.0 Å². The van der Waals surface area contributed by atoms with Gasteiger partial charge in [0.25, 0.3) is 5.56 Å². The third-order valence-corrected chi connectivity index (χ3v) is 8.17. The molecule has 0 bridgehead atoms. The van der Waals surface area contributed by atoms with Gasteiger partial charge in [-0.3, -0.25) is 23.8 Å². The number of aromatic nitrogens is 3. The first-order valence-corrected chi connectivity index (χ1v) is 14.4. The Bertz CT molecular complexity index is 1770. The van der Waals surface area contributed by atoms with Crippen LogP contribution in [0.3, 0.4) is 0 Å². The van der Waals surface area contributed by atoms with Gasteiger partial charge in [-0.2, -0.15) is 13.2 Å². The van der Waals surface area contributed by atoms with Crippen LogP contribution in [0.5, 0.6) is 5.75 Å². The Balaban J connectivity index is 1.53. The highest BCUT2D eigenvalue weighted by Crippen LogP contribution is 2.33. The molecule has 0 aliphatic carbocycles. The Morgan fingerprint density at radius 1 is 0.956 bits per heavy atom. The maximum atomic E-state index is 14.9. The summed E-state index contributed by atoms with van der Waals surface area (Å²) in [5.74, 6) is -0.393. The van der Waals surface area contributed by atoms with Gasteiger partial charge in [-0.1, -0.05) is 36.4 Å². The molecule has 2 aromatic carbocycles. The van der Waals surface area contributed by atoms with E-state index in [9.17, 15) is 27.2 Å². The third kappa shape index (κ3) is 6.79. The van der Waals surface area contributed by atoms with E-state index in [2.05, 4.69) is 9.88 Å². The fourth-order valence-corrected chi connectivity index (χ4v) is 5.75. The van der Waals surface area contributed by atoms with Crippen LogP contribution < -0.4 is 26.6 Å². The molecule has 13 heteroatoms. The number of alkyl halides is 3. The first-order valence-electron chi connectivity index (χ1n) is 14.4. The van der Waals surface area contributed by atoms with E-state index in [-0.39, 0.29) is 17.9 Å². The predicted molar refractivity (Wildman–Crippen MR) is 162 cm³/mol. The van der Waals surface area contributed by atoms with Gasteiger partial charge in [0, 0.05) is 68.0 Å². The summed E-state index contributed by atoms with van der Waals surface area (Å²) in [5, 5.41) is 0. The molecule has 4 aromatic rings. The Morgan fingerprint density at radius 2 is 1.67 bits per heavy atom. The molecule has 3 heterocycles. The Morgan fingerprint density at radius 3 is 2.33 bits per heavy atom. The van der Waals surface area contributed by atoms with Gasteiger partial charge in [0.1, 0.15) is 17.3 Å². The summed E-state index contributed by atoms with van der Waals surface area (Å²) in [6.07, 6.45) is -1.47. The van der Waals surface area contributed by atoms with E-state index >= 15 is 0 Å². The average Bonchev–Trinajstić information content (AvgIpc) is 3.03. The molecule has 0 radical (unpaired) electrons. The number of halogens is 4. The third-order valence-electron chi connectivity index (χ3n) is 8.17. The average molecular weight is 627 g/mol. The molecule has 2 N–H and O–H groups in total. The summed E-state index contributed by atoms with van der Waals surface area (Å²) in [5.41, 5.74) is 4.94. The second kappa shape index (κ2) is 13.2. The van der Waals surface area contributed by atoms with Crippen LogP contribution in [0.4, 0.5) is 23.2 Å². The van der Waals surface area contributed by atoms with E-state index in [1.807, 2.05) is 4.90 Å². The number of pyridine rings is 1. The van der Waals surface area contributed by atoms with Crippen molar-refractivity contribution >= 4 is 5.69 Å². The lowest BCUT2D eigenvalue weighted by Gasteiger charge is -2.37. The number of hydrogen-bond donors (Lipinski definition) is 1. The SMILES string of the molecule is COc1ccncc1CN1CCN(c2c(C)n(Cc3c(F)cccc3C(F)(F)F)c(=O)n(CC(N)c3ccccc3)c2=O)CC1. The highest BCUT2D eigenvalue weighted by atomic mass is 19.4. The monoisotopic (exact) mass is 626 g/mol. The molecule has 45 heavy (non-hydrogen) atoms. The minimum Gasteiger partial charge on any atom is -0.496 e. The van der Waals surface area contributed by atoms with Crippen LogP contribution in [0.1, 0.15) is 34.0 Å². The lowest BCUT2D eigenvalue weighted by Crippen LogP contribution is -2.51. The number of nitrogens with two attached hydrogens (primary N) is 1. The molecule has 2 aromatic heterocycles. The smallest absolute Gasteiger partial charge is 0.416 e. The van der Waals surface area contributed by atoms with Crippen molar-refractivity contribution in [3.05, 3.63) is 122 Å². The number of anilines is 1. The molecule has 238 valence electrons. The highest BCUT2D eigenvalue weighted by Gasteiger charge is 2.35. The topological polar surface area (TPSA) is 98.6 Å². The van der Waals surface area contributed by atoms with Crippen molar-refractivity contribution in [3.63, 3.8) is 0 Å². The molecule has 1 atom stereocenters. The van der Waals surface area contributed by atoms with Crippen molar-refractivity contribution in [2.45, 2.75) is 38.8 Å². The first kappa shape index (κ1) is 31.9. The van der Waals surface area contributed by atoms with Crippen LogP contribution in [0.25, 0.3) is 0 Å². The summed E-state index contributed by atoms with van der Waals surface area (Å²) >= 11 is 0. The summed E-state index contributed by atoms with van der Waals surface area (Å²) in [7, 11) is 1.59. The molecule has 5 rings (SSSR count). The van der Waals surface area contributed by atoms with Crippen LogP contribution in [0, 0.1) is 12.7 Å². The fourth-order valence-electron chi connectivity index (χ4n) is 5.75. The molecule has 1 saturated heterocycles. The Labute approximate surface area is 257 Å². The summed E-state index contributed by atoms with van der Waals surface area (Å²) < 4.78 is 64.0. The van der Waals surface area contributed by atoms with Gasteiger partial charge in [-0.05, 0) is 30.7 Å². The van der Waals surface area contributed by atoms with Crippen molar-refractivity contribution in [1.82, 2.24) is 19.0 Å². The quantitative estimate of drug-likeness (QED) is 0.281. The van der Waals surface area contributed by atoms with E-state index in [1.165, 1.54) is 6.92 Å². The second-order valence-electron chi connectivity index (χ2n) is 11.0. The van der Waals surface area contributed by atoms with Gasteiger partial charge in [0.05, 0.1) is 25.8 Å². The predicted octanol–water partition coefficient (Wildman–Crippen LogP) is 3.95. The Hall–Kier alpha value is -4.49. The van der Waals surface area contributed by atoms with Crippen LogP contribution in [0.15, 0.2) is 76.6 Å². The fraction of sp³-hybridized carbons (Fsp3) is 0.344. The van der Waals surface area contributed by atoms with E-state index in [0.717, 1.165) is 32.9 Å². The molecule has 0 spiro atoms. The first-order chi connectivity index (χ1) is 21.5. The number of benzene rings is 2. The van der Waals surface area contributed by atoms with Crippen LogP contribution >= 0.6 is 0 Å². The molecule has 1 unspecified atom stereocenters. The van der Waals surface area contributed by atoms with E-state index < -0.39 is 47.0 Å². The van der Waals surface area contributed by atoms with Gasteiger partial charge >= 0.3 is 11.9 Å². The van der Waals surface area contributed by atoms with Gasteiger partial charge in [0.2, 0.25) is 0 Å². The van der Waals surface area contributed by atoms with Crippen molar-refractivity contribution in [1.29, 1.82) is 0 Å². The largest absolute Gasteiger partial charge is 0.496 e. The van der Waals surface area contributed by atoms with Gasteiger partial charge in [-0.25, -0.2) is 9.18 Å². The lowest BCUT2D eigenvalue weighted by molar-refractivity contribution is -0.138. The van der Waals surface area contributed by atoms with Crippen LogP contribution in [0.2, 0.25) is 0 Å². The zero-order chi connectivity index (χ0) is 32.3. The zero-order valence-corrected chi connectivity index (χ0v) is 24.9. The molecular formula is C32H34F4N6O3. The molecule has 1 aliphatic heterocycles. The summed E-state index contributed by atoms with van der Waals surface area (Å²) in [4.78, 5) is 36.0. The molecule has 0 amide bonds. The molecule has 0 saturated carbocycles. The summed E-state index contributed by atoms with van der Waals surface area (Å²) in [6.45, 7) is 3.01. The van der Waals surface area contributed by atoms with Crippen molar-refractivity contribution in [2.24, 2.45) is 5.73 Å². The zero-order valence-electron chi connectivity index (χ0n) is 24.9. The normalized spacial score (nSPS) is 14.9. The number of rotatable bonds is 9. The molecular weight excluding hydrogens is 592 g/mol. The summed E-state index contributed by atoms with van der Waals surface area (Å²) in [6, 6.07) is 12.6. The van der Waals surface area contributed by atoms with E-state index in [1.54, 1.807) is 55.9 Å². The van der Waals surface area contributed by atoms with Gasteiger partial charge in [0.15, 0.2) is 0 Å². The van der Waals surface area contributed by atoms with Gasteiger partial charge in [-0.15, -0.1) is 0 Å². The number of piperazine rings is 1. The second-order valence-corrected chi connectivity index (χ2v) is 11.0. The maximum Gasteiger partial charge on any atom is 0.416 e. The lowest BCUT2D eigenvalue weighted by atomic mass is 10.1. The maximum absolute atomic E-state index is 14.9. The Kier molecular flexibility index (Phi) is 9.40. The number of methoxy groups -OCH3 is 1. The number of hydrogen-bond acceptors (Lipinski definition) is 7. The van der Waals surface area contributed by atoms with Crippen molar-refractivity contribution < 1.29 is 22.3 Å². The molecule has 1 fully saturated rings. The molecule has 9 nitrogen and oxygen atoms in total. The highest BCUT2D eigenvalue weighted by molar-refractivity contribution is 5.50. The van der Waals surface area contributed by atoms with E-state index in [4.69, 9.17) is 10.5 Å². The minimum atomic E-state index is -4.85. The van der Waals surface area contributed by atoms with Crippen molar-refractivity contribution in [2.75, 3.05) is 38.2 Å².